The molecule has 0 saturated carbocycles. The fourth-order valence-corrected chi connectivity index (χ4v) is 3.63. The molecule has 3 aromatic carbocycles. The third kappa shape index (κ3) is 6.90. The van der Waals surface area contributed by atoms with E-state index in [4.69, 9.17) is 4.74 Å². The van der Waals surface area contributed by atoms with Gasteiger partial charge in [-0.3, -0.25) is 4.79 Å². The van der Waals surface area contributed by atoms with Gasteiger partial charge in [-0.2, -0.15) is 26.3 Å². The van der Waals surface area contributed by atoms with E-state index in [1.54, 1.807) is 36.4 Å². The highest BCUT2D eigenvalue weighted by Gasteiger charge is 2.37. The van der Waals surface area contributed by atoms with Crippen LogP contribution in [0.1, 0.15) is 40.2 Å². The van der Waals surface area contributed by atoms with Crippen molar-refractivity contribution in [1.29, 1.82) is 0 Å². The molecule has 0 saturated heterocycles. The Balaban J connectivity index is 1.93. The van der Waals surface area contributed by atoms with Crippen molar-refractivity contribution in [3.8, 4) is 5.75 Å². The lowest BCUT2D eigenvalue weighted by Gasteiger charge is -2.21. The summed E-state index contributed by atoms with van der Waals surface area (Å²) in [4.78, 5) is 13.1. The number of carbonyl (C=O) groups is 1. The maximum atomic E-state index is 13.3. The second-order valence-corrected chi connectivity index (χ2v) is 8.13. The Labute approximate surface area is 204 Å². The zero-order valence-corrected chi connectivity index (χ0v) is 19.2. The van der Waals surface area contributed by atoms with Gasteiger partial charge in [-0.15, -0.1) is 0 Å². The lowest BCUT2D eigenvalue weighted by Crippen LogP contribution is -2.29. The van der Waals surface area contributed by atoms with Gasteiger partial charge in [-0.25, -0.2) is 0 Å². The summed E-state index contributed by atoms with van der Waals surface area (Å²) in [5.74, 6) is -0.849. The molecule has 0 unspecified atom stereocenters. The van der Waals surface area contributed by atoms with Gasteiger partial charge in [0.1, 0.15) is 5.75 Å². The molecule has 0 heterocycles. The maximum Gasteiger partial charge on any atom is 0.416 e. The molecule has 0 bridgehead atoms. The SMILES string of the molecule is C=C(C[C@H](C(=O)NCc1ccccc1)c1ccc(OC)cc1)c1cc(C(F)(F)F)cc(C(F)(F)F)c1. The topological polar surface area (TPSA) is 38.3 Å². The van der Waals surface area contributed by atoms with Crippen LogP contribution in [-0.4, -0.2) is 13.0 Å². The van der Waals surface area contributed by atoms with Gasteiger partial charge in [0, 0.05) is 6.54 Å². The fraction of sp³-hybridized carbons (Fsp3) is 0.222. The van der Waals surface area contributed by atoms with Crippen LogP contribution in [0.4, 0.5) is 26.3 Å². The number of nitrogens with one attached hydrogen (secondary N) is 1. The van der Waals surface area contributed by atoms with Crippen molar-refractivity contribution in [2.75, 3.05) is 7.11 Å². The quantitative estimate of drug-likeness (QED) is 0.327. The summed E-state index contributed by atoms with van der Waals surface area (Å²) in [6, 6.07) is 16.8. The number of benzene rings is 3. The monoisotopic (exact) mass is 507 g/mol. The van der Waals surface area contributed by atoms with E-state index in [1.807, 2.05) is 18.2 Å². The van der Waals surface area contributed by atoms with Gasteiger partial charge in [0.05, 0.1) is 24.2 Å². The highest BCUT2D eigenvalue weighted by atomic mass is 19.4. The van der Waals surface area contributed by atoms with Gasteiger partial charge in [-0.1, -0.05) is 49.0 Å². The summed E-state index contributed by atoms with van der Waals surface area (Å²) >= 11 is 0. The van der Waals surface area contributed by atoms with Crippen LogP contribution in [-0.2, 0) is 23.7 Å². The summed E-state index contributed by atoms with van der Waals surface area (Å²) in [5.41, 5.74) is -1.93. The predicted octanol–water partition coefficient (Wildman–Crippen LogP) is 7.24. The van der Waals surface area contributed by atoms with E-state index in [2.05, 4.69) is 11.9 Å². The van der Waals surface area contributed by atoms with Gasteiger partial charge >= 0.3 is 12.4 Å². The molecule has 1 amide bonds. The first-order valence-corrected chi connectivity index (χ1v) is 10.8. The highest BCUT2D eigenvalue weighted by molar-refractivity contribution is 5.86. The smallest absolute Gasteiger partial charge is 0.416 e. The van der Waals surface area contributed by atoms with Crippen molar-refractivity contribution in [2.45, 2.75) is 31.2 Å². The number of alkyl halides is 6. The molecule has 3 nitrogen and oxygen atoms in total. The van der Waals surface area contributed by atoms with Crippen molar-refractivity contribution >= 4 is 11.5 Å². The molecule has 0 radical (unpaired) electrons. The molecule has 0 aliphatic carbocycles. The number of ether oxygens (including phenoxy) is 1. The molecular weight excluding hydrogens is 484 g/mol. The summed E-state index contributed by atoms with van der Waals surface area (Å²) < 4.78 is 85.0. The van der Waals surface area contributed by atoms with Crippen molar-refractivity contribution < 1.29 is 35.9 Å². The molecule has 36 heavy (non-hydrogen) atoms. The average molecular weight is 507 g/mol. The van der Waals surface area contributed by atoms with Crippen molar-refractivity contribution in [3.63, 3.8) is 0 Å². The minimum atomic E-state index is -4.99. The van der Waals surface area contributed by atoms with E-state index >= 15 is 0 Å². The molecule has 0 spiro atoms. The van der Waals surface area contributed by atoms with E-state index in [0.29, 0.717) is 23.4 Å². The molecule has 1 atom stereocenters. The van der Waals surface area contributed by atoms with Crippen molar-refractivity contribution in [3.05, 3.63) is 107 Å². The second-order valence-electron chi connectivity index (χ2n) is 8.13. The zero-order chi connectivity index (χ0) is 26.5. The highest BCUT2D eigenvalue weighted by Crippen LogP contribution is 2.39. The molecule has 3 rings (SSSR count). The molecule has 0 aromatic heterocycles. The first-order valence-electron chi connectivity index (χ1n) is 10.8. The van der Waals surface area contributed by atoms with Gasteiger partial charge in [0.2, 0.25) is 5.91 Å². The Bertz CT molecular complexity index is 1170. The average Bonchev–Trinajstić information content (AvgIpc) is 2.85. The minimum Gasteiger partial charge on any atom is -0.497 e. The molecule has 3 aromatic rings. The van der Waals surface area contributed by atoms with Crippen molar-refractivity contribution in [2.24, 2.45) is 0 Å². The molecule has 190 valence electrons. The molecule has 0 aliphatic heterocycles. The van der Waals surface area contributed by atoms with Crippen LogP contribution in [0.2, 0.25) is 0 Å². The van der Waals surface area contributed by atoms with Crippen LogP contribution >= 0.6 is 0 Å². The van der Waals surface area contributed by atoms with Crippen LogP contribution in [0, 0.1) is 0 Å². The minimum absolute atomic E-state index is 0.0396. The first-order chi connectivity index (χ1) is 16.9. The standard InChI is InChI=1S/C27H23F6NO2/c1-17(20-13-21(26(28,29)30)15-22(14-20)27(31,32)33)12-24(19-8-10-23(36-2)11-9-19)25(35)34-16-18-6-4-3-5-7-18/h3-11,13-15,24H,1,12,16H2,2H3,(H,34,35)/t24-/m0/s1. The Hall–Kier alpha value is -3.75. The Morgan fingerprint density at radius 1 is 0.889 bits per heavy atom. The Morgan fingerprint density at radius 3 is 1.94 bits per heavy atom. The number of amides is 1. The molecule has 9 heteroatoms. The van der Waals surface area contributed by atoms with Gasteiger partial charge in [0.25, 0.3) is 0 Å². The number of halogens is 6. The van der Waals surface area contributed by atoms with Crippen LogP contribution in [0.15, 0.2) is 79.4 Å². The number of methoxy groups -OCH3 is 1. The number of hydrogen-bond acceptors (Lipinski definition) is 2. The Morgan fingerprint density at radius 2 is 1.44 bits per heavy atom. The molecule has 0 fully saturated rings. The first kappa shape index (κ1) is 26.8. The number of rotatable bonds is 8. The summed E-state index contributed by atoms with van der Waals surface area (Å²) in [5, 5.41) is 2.78. The van der Waals surface area contributed by atoms with Gasteiger partial charge < -0.3 is 10.1 Å². The lowest BCUT2D eigenvalue weighted by atomic mass is 9.87. The van der Waals surface area contributed by atoms with Crippen LogP contribution in [0.25, 0.3) is 5.57 Å². The molecular formula is C27H23F6NO2. The van der Waals surface area contributed by atoms with E-state index in [9.17, 15) is 31.1 Å². The third-order valence-electron chi connectivity index (χ3n) is 5.59. The summed E-state index contributed by atoms with van der Waals surface area (Å²) in [7, 11) is 1.47. The van der Waals surface area contributed by atoms with E-state index < -0.39 is 35.3 Å². The summed E-state index contributed by atoms with van der Waals surface area (Å²) in [6.07, 6.45) is -10.2. The van der Waals surface area contributed by atoms with Gasteiger partial charge in [0.15, 0.2) is 0 Å². The van der Waals surface area contributed by atoms with Crippen molar-refractivity contribution in [1.82, 2.24) is 5.32 Å². The van der Waals surface area contributed by atoms with Gasteiger partial charge in [-0.05, 0) is 59.0 Å². The number of hydrogen-bond donors (Lipinski definition) is 1. The Kier molecular flexibility index (Phi) is 8.12. The predicted molar refractivity (Wildman–Crippen MR) is 124 cm³/mol. The third-order valence-corrected chi connectivity index (χ3v) is 5.59. The maximum absolute atomic E-state index is 13.3. The van der Waals surface area contributed by atoms with Crippen LogP contribution in [0.3, 0.4) is 0 Å². The van der Waals surface area contributed by atoms with E-state index in [0.717, 1.165) is 5.56 Å². The number of allylic oxidation sites excluding steroid dienone is 1. The molecule has 0 aliphatic rings. The van der Waals surface area contributed by atoms with Crippen LogP contribution in [0.5, 0.6) is 5.75 Å². The van der Waals surface area contributed by atoms with E-state index in [1.165, 1.54) is 7.11 Å². The fourth-order valence-electron chi connectivity index (χ4n) is 3.63. The van der Waals surface area contributed by atoms with Crippen LogP contribution < -0.4 is 10.1 Å². The summed E-state index contributed by atoms with van der Waals surface area (Å²) in [6.45, 7) is 3.93. The lowest BCUT2D eigenvalue weighted by molar-refractivity contribution is -0.143. The normalized spacial score (nSPS) is 12.6. The zero-order valence-electron chi connectivity index (χ0n) is 19.2. The number of carbonyl (C=O) groups excluding carboxylic acids is 1. The second kappa shape index (κ2) is 10.9. The largest absolute Gasteiger partial charge is 0.497 e. The van der Waals surface area contributed by atoms with E-state index in [-0.39, 0.29) is 30.2 Å². The molecule has 1 N–H and O–H groups in total.